The van der Waals surface area contributed by atoms with Crippen LogP contribution in [-0.4, -0.2) is 29.1 Å². The van der Waals surface area contributed by atoms with Crippen molar-refractivity contribution in [3.63, 3.8) is 0 Å². The molecule has 0 saturated heterocycles. The normalized spacial score (nSPS) is 15.1. The molecular weight excluding hydrogens is 362 g/mol. The summed E-state index contributed by atoms with van der Waals surface area (Å²) in [6, 6.07) is 2.68. The summed E-state index contributed by atoms with van der Waals surface area (Å²) < 4.78 is 11.3. The summed E-state index contributed by atoms with van der Waals surface area (Å²) in [6.45, 7) is 5.19. The smallest absolute Gasteiger partial charge is 0.339 e. The summed E-state index contributed by atoms with van der Waals surface area (Å²) in [5.74, 6) is -1.14. The van der Waals surface area contributed by atoms with Gasteiger partial charge in [0.15, 0.2) is 6.10 Å². The summed E-state index contributed by atoms with van der Waals surface area (Å²) in [6.07, 6.45) is 2.62. The number of hydrogen-bond donors (Lipinski definition) is 2. The molecule has 7 heteroatoms. The number of fused-ring (bicyclic) bond motifs is 3. The fraction of sp³-hybridized carbons (Fsp3) is 0.476. The molecule has 1 amide bonds. The van der Waals surface area contributed by atoms with Gasteiger partial charge < -0.3 is 19.6 Å². The summed E-state index contributed by atoms with van der Waals surface area (Å²) in [4.78, 5) is 35.8. The van der Waals surface area contributed by atoms with Crippen molar-refractivity contribution in [3.8, 4) is 5.75 Å². The zero-order valence-corrected chi connectivity index (χ0v) is 16.3. The molecule has 1 aromatic carbocycles. The van der Waals surface area contributed by atoms with Crippen LogP contribution in [0.3, 0.4) is 0 Å². The highest BCUT2D eigenvalue weighted by Gasteiger charge is 2.25. The van der Waals surface area contributed by atoms with Gasteiger partial charge in [0.05, 0.1) is 0 Å². The molecule has 1 aliphatic rings. The third-order valence-corrected chi connectivity index (χ3v) is 5.21. The van der Waals surface area contributed by atoms with Crippen LogP contribution in [-0.2, 0) is 22.4 Å². The second-order valence-corrected chi connectivity index (χ2v) is 7.21. The second-order valence-electron chi connectivity index (χ2n) is 7.21. The third kappa shape index (κ3) is 3.74. The maximum atomic E-state index is 12.3. The van der Waals surface area contributed by atoms with Gasteiger partial charge in [0.1, 0.15) is 17.4 Å². The van der Waals surface area contributed by atoms with Crippen molar-refractivity contribution in [3.05, 3.63) is 39.2 Å². The molecule has 1 aromatic heterocycles. The molecule has 0 unspecified atom stereocenters. The second kappa shape index (κ2) is 8.04. The largest absolute Gasteiger partial charge is 0.480 e. The lowest BCUT2D eigenvalue weighted by molar-refractivity contribution is -0.143. The molecule has 150 valence electrons. The topological polar surface area (TPSA) is 106 Å². The van der Waals surface area contributed by atoms with Crippen molar-refractivity contribution < 1.29 is 23.8 Å². The Bertz CT molecular complexity index is 977. The molecule has 7 nitrogen and oxygen atoms in total. The van der Waals surface area contributed by atoms with Crippen molar-refractivity contribution in [1.29, 1.82) is 0 Å². The molecule has 28 heavy (non-hydrogen) atoms. The third-order valence-electron chi connectivity index (χ3n) is 5.21. The fourth-order valence-corrected chi connectivity index (χ4v) is 3.67. The SMILES string of the molecule is CCC[C@H](NC(=O)[C@H](C)Oc1ccc2c3c(c(=O)oc2c1C)CCC3)C(=O)O. The molecule has 0 saturated carbocycles. The fourth-order valence-electron chi connectivity index (χ4n) is 3.67. The van der Waals surface area contributed by atoms with Gasteiger partial charge in [-0.3, -0.25) is 4.79 Å². The van der Waals surface area contributed by atoms with Gasteiger partial charge in [0.25, 0.3) is 5.91 Å². The van der Waals surface area contributed by atoms with Gasteiger partial charge in [0.2, 0.25) is 0 Å². The van der Waals surface area contributed by atoms with E-state index in [-0.39, 0.29) is 5.63 Å². The molecule has 0 aliphatic heterocycles. The van der Waals surface area contributed by atoms with Gasteiger partial charge in [-0.05, 0) is 57.2 Å². The van der Waals surface area contributed by atoms with Crippen LogP contribution < -0.4 is 15.7 Å². The van der Waals surface area contributed by atoms with Crippen molar-refractivity contribution in [2.75, 3.05) is 0 Å². The van der Waals surface area contributed by atoms with Crippen LogP contribution in [0.2, 0.25) is 0 Å². The number of nitrogens with one attached hydrogen (secondary N) is 1. The number of benzene rings is 1. The highest BCUT2D eigenvalue weighted by Crippen LogP contribution is 2.33. The van der Waals surface area contributed by atoms with Crippen LogP contribution in [0, 0.1) is 6.92 Å². The number of carbonyl (C=O) groups excluding carboxylic acids is 1. The Morgan fingerprint density at radius 1 is 1.29 bits per heavy atom. The zero-order valence-electron chi connectivity index (χ0n) is 16.3. The minimum atomic E-state index is -1.07. The Balaban J connectivity index is 1.83. The van der Waals surface area contributed by atoms with E-state index >= 15 is 0 Å². The van der Waals surface area contributed by atoms with Crippen molar-refractivity contribution in [2.45, 2.75) is 65.0 Å². The standard InChI is InChI=1S/C21H25NO6/c1-4-6-16(20(24)25)22-19(23)12(3)27-17-10-9-14-13-7-5-8-15(13)21(26)28-18(14)11(17)2/h9-10,12,16H,4-8H2,1-3H3,(H,22,23)(H,24,25)/t12-,16-/m0/s1. The highest BCUT2D eigenvalue weighted by atomic mass is 16.5. The van der Waals surface area contributed by atoms with Crippen LogP contribution >= 0.6 is 0 Å². The number of carboxylic acids is 1. The van der Waals surface area contributed by atoms with Crippen LogP contribution in [0.5, 0.6) is 5.75 Å². The molecule has 0 fully saturated rings. The number of hydrogen-bond acceptors (Lipinski definition) is 5. The lowest BCUT2D eigenvalue weighted by atomic mass is 10.0. The van der Waals surface area contributed by atoms with Crippen molar-refractivity contribution >= 4 is 22.8 Å². The van der Waals surface area contributed by atoms with Gasteiger partial charge >= 0.3 is 11.6 Å². The molecular formula is C21H25NO6. The summed E-state index contributed by atoms with van der Waals surface area (Å²) >= 11 is 0. The average Bonchev–Trinajstić information content (AvgIpc) is 3.14. The van der Waals surface area contributed by atoms with E-state index in [1.165, 1.54) is 0 Å². The first-order valence-corrected chi connectivity index (χ1v) is 9.61. The van der Waals surface area contributed by atoms with E-state index in [4.69, 9.17) is 9.15 Å². The zero-order chi connectivity index (χ0) is 20.4. The van der Waals surface area contributed by atoms with Crippen molar-refractivity contribution in [1.82, 2.24) is 5.32 Å². The number of rotatable bonds is 7. The lowest BCUT2D eigenvalue weighted by Gasteiger charge is -2.20. The number of aryl methyl sites for hydroxylation is 2. The Morgan fingerprint density at radius 3 is 2.68 bits per heavy atom. The van der Waals surface area contributed by atoms with Gasteiger partial charge in [-0.15, -0.1) is 0 Å². The highest BCUT2D eigenvalue weighted by molar-refractivity contribution is 5.88. The van der Waals surface area contributed by atoms with E-state index in [9.17, 15) is 19.5 Å². The van der Waals surface area contributed by atoms with Crippen LogP contribution in [0.4, 0.5) is 0 Å². The van der Waals surface area contributed by atoms with E-state index in [1.807, 2.05) is 13.0 Å². The molecule has 0 bridgehead atoms. The number of aliphatic carboxylic acids is 1. The minimum absolute atomic E-state index is 0.310. The van der Waals surface area contributed by atoms with E-state index in [2.05, 4.69) is 5.32 Å². The van der Waals surface area contributed by atoms with Crippen LogP contribution in [0.1, 0.15) is 49.8 Å². The monoisotopic (exact) mass is 387 g/mol. The van der Waals surface area contributed by atoms with Crippen molar-refractivity contribution in [2.24, 2.45) is 0 Å². The van der Waals surface area contributed by atoms with E-state index in [1.54, 1.807) is 19.9 Å². The van der Waals surface area contributed by atoms with Gasteiger partial charge in [-0.2, -0.15) is 0 Å². The number of amides is 1. The first kappa shape index (κ1) is 19.9. The molecule has 3 rings (SSSR count). The Kier molecular flexibility index (Phi) is 5.72. The maximum absolute atomic E-state index is 12.3. The molecule has 0 radical (unpaired) electrons. The Morgan fingerprint density at radius 2 is 2.00 bits per heavy atom. The lowest BCUT2D eigenvalue weighted by Crippen LogP contribution is -2.46. The Hall–Kier alpha value is -2.83. The predicted molar refractivity (Wildman–Crippen MR) is 104 cm³/mol. The summed E-state index contributed by atoms with van der Waals surface area (Å²) in [5, 5.41) is 12.6. The maximum Gasteiger partial charge on any atom is 0.339 e. The van der Waals surface area contributed by atoms with Gasteiger partial charge in [0, 0.05) is 16.5 Å². The number of carboxylic acid groups (broad SMARTS) is 1. The van der Waals surface area contributed by atoms with Crippen LogP contribution in [0.15, 0.2) is 21.3 Å². The van der Waals surface area contributed by atoms with Gasteiger partial charge in [-0.1, -0.05) is 13.3 Å². The Labute approximate surface area is 162 Å². The number of ether oxygens (including phenoxy) is 1. The summed E-state index contributed by atoms with van der Waals surface area (Å²) in [5.41, 5.74) is 2.60. The first-order chi connectivity index (χ1) is 13.3. The molecule has 2 N–H and O–H groups in total. The van der Waals surface area contributed by atoms with E-state index in [0.29, 0.717) is 29.7 Å². The summed E-state index contributed by atoms with van der Waals surface area (Å²) in [7, 11) is 0. The average molecular weight is 387 g/mol. The van der Waals surface area contributed by atoms with Gasteiger partial charge in [-0.25, -0.2) is 9.59 Å². The molecule has 1 heterocycles. The first-order valence-electron chi connectivity index (χ1n) is 9.61. The predicted octanol–water partition coefficient (Wildman–Crippen LogP) is 2.73. The van der Waals surface area contributed by atoms with E-state index in [0.717, 1.165) is 35.8 Å². The molecule has 2 aromatic rings. The quantitative estimate of drug-likeness (QED) is 0.708. The molecule has 0 spiro atoms. The van der Waals surface area contributed by atoms with E-state index < -0.39 is 24.0 Å². The minimum Gasteiger partial charge on any atom is -0.480 e. The number of carbonyl (C=O) groups is 2. The van der Waals surface area contributed by atoms with Crippen LogP contribution in [0.25, 0.3) is 11.0 Å². The molecule has 2 atom stereocenters. The molecule has 1 aliphatic carbocycles.